The monoisotopic (exact) mass is 261 g/mol. The number of nitrogens with two attached hydrogens (primary N) is 1. The predicted molar refractivity (Wildman–Crippen MR) is 72.5 cm³/mol. The van der Waals surface area contributed by atoms with Crippen LogP contribution in [-0.4, -0.2) is 24.2 Å². The highest BCUT2D eigenvalue weighted by Gasteiger charge is 2.10. The zero-order valence-electron chi connectivity index (χ0n) is 11.0. The minimum atomic E-state index is -0.253. The average molecular weight is 261 g/mol. The van der Waals surface area contributed by atoms with Crippen molar-refractivity contribution in [2.24, 2.45) is 0 Å². The van der Waals surface area contributed by atoms with Crippen molar-refractivity contribution in [1.82, 2.24) is 9.97 Å². The summed E-state index contributed by atoms with van der Waals surface area (Å²) in [6.45, 7) is 1.62. The summed E-state index contributed by atoms with van der Waals surface area (Å²) in [4.78, 5) is 18.5. The van der Waals surface area contributed by atoms with Gasteiger partial charge in [0, 0.05) is 5.56 Å². The summed E-state index contributed by atoms with van der Waals surface area (Å²) in [5.41, 5.74) is 6.55. The van der Waals surface area contributed by atoms with Crippen molar-refractivity contribution in [3.63, 3.8) is 0 Å². The van der Waals surface area contributed by atoms with Gasteiger partial charge in [0.25, 0.3) is 5.56 Å². The van der Waals surface area contributed by atoms with Crippen LogP contribution in [0.2, 0.25) is 0 Å². The van der Waals surface area contributed by atoms with E-state index in [4.69, 9.17) is 15.2 Å². The number of hydrogen-bond acceptors (Lipinski definition) is 5. The molecule has 0 fully saturated rings. The minimum Gasteiger partial charge on any atom is -0.493 e. The Morgan fingerprint density at radius 3 is 2.47 bits per heavy atom. The van der Waals surface area contributed by atoms with Gasteiger partial charge in [0.15, 0.2) is 11.5 Å². The Kier molecular flexibility index (Phi) is 3.41. The Hall–Kier alpha value is -2.50. The van der Waals surface area contributed by atoms with Crippen molar-refractivity contribution in [3.8, 4) is 22.9 Å². The first-order valence-corrected chi connectivity index (χ1v) is 5.65. The van der Waals surface area contributed by atoms with E-state index in [0.717, 1.165) is 0 Å². The van der Waals surface area contributed by atoms with Crippen LogP contribution >= 0.6 is 0 Å². The van der Waals surface area contributed by atoms with Gasteiger partial charge in [0.1, 0.15) is 11.6 Å². The number of aromatic amines is 1. The van der Waals surface area contributed by atoms with Gasteiger partial charge in [-0.3, -0.25) is 4.79 Å². The molecule has 6 heteroatoms. The van der Waals surface area contributed by atoms with Gasteiger partial charge in [-0.25, -0.2) is 4.98 Å². The number of hydrogen-bond donors (Lipinski definition) is 2. The van der Waals surface area contributed by atoms with Crippen molar-refractivity contribution < 1.29 is 9.47 Å². The molecule has 0 saturated heterocycles. The Bertz CT molecular complexity index is 665. The molecule has 0 atom stereocenters. The Morgan fingerprint density at radius 2 is 1.89 bits per heavy atom. The SMILES string of the molecule is COc1ccc(-c2nc(N)c(C)c(=O)[nH]2)cc1OC. The van der Waals surface area contributed by atoms with Crippen LogP contribution in [0.25, 0.3) is 11.4 Å². The maximum Gasteiger partial charge on any atom is 0.256 e. The van der Waals surface area contributed by atoms with Crippen LogP contribution in [0.5, 0.6) is 11.5 Å². The summed E-state index contributed by atoms with van der Waals surface area (Å²) in [7, 11) is 3.10. The van der Waals surface area contributed by atoms with Crippen molar-refractivity contribution in [2.75, 3.05) is 20.0 Å². The van der Waals surface area contributed by atoms with E-state index >= 15 is 0 Å². The zero-order valence-corrected chi connectivity index (χ0v) is 11.0. The topological polar surface area (TPSA) is 90.2 Å². The lowest BCUT2D eigenvalue weighted by molar-refractivity contribution is 0.355. The third-order valence-corrected chi connectivity index (χ3v) is 2.85. The van der Waals surface area contributed by atoms with E-state index in [2.05, 4.69) is 9.97 Å². The molecule has 2 aromatic rings. The summed E-state index contributed by atoms with van der Waals surface area (Å²) in [5.74, 6) is 1.78. The molecule has 0 radical (unpaired) electrons. The molecule has 6 nitrogen and oxygen atoms in total. The summed E-state index contributed by atoms with van der Waals surface area (Å²) < 4.78 is 10.4. The molecule has 0 bridgehead atoms. The summed E-state index contributed by atoms with van der Waals surface area (Å²) in [6, 6.07) is 5.24. The maximum atomic E-state index is 11.7. The molecular formula is C13H15N3O3. The highest BCUT2D eigenvalue weighted by atomic mass is 16.5. The first-order valence-electron chi connectivity index (χ1n) is 5.65. The largest absolute Gasteiger partial charge is 0.493 e. The Labute approximate surface area is 110 Å². The number of benzene rings is 1. The normalized spacial score (nSPS) is 10.3. The molecule has 0 saturated carbocycles. The first-order chi connectivity index (χ1) is 9.06. The predicted octanol–water partition coefficient (Wildman–Crippen LogP) is 1.34. The molecule has 0 unspecified atom stereocenters. The zero-order chi connectivity index (χ0) is 14.0. The lowest BCUT2D eigenvalue weighted by Crippen LogP contribution is -2.15. The highest BCUT2D eigenvalue weighted by molar-refractivity contribution is 5.62. The number of anilines is 1. The second-order valence-corrected chi connectivity index (χ2v) is 3.99. The van der Waals surface area contributed by atoms with Crippen LogP contribution in [0.4, 0.5) is 5.82 Å². The number of H-pyrrole nitrogens is 1. The van der Waals surface area contributed by atoms with Crippen molar-refractivity contribution in [2.45, 2.75) is 6.92 Å². The van der Waals surface area contributed by atoms with Gasteiger partial charge in [-0.15, -0.1) is 0 Å². The van der Waals surface area contributed by atoms with Gasteiger partial charge in [-0.2, -0.15) is 0 Å². The first kappa shape index (κ1) is 12.9. The number of aromatic nitrogens is 2. The van der Waals surface area contributed by atoms with Crippen LogP contribution < -0.4 is 20.8 Å². The minimum absolute atomic E-state index is 0.216. The van der Waals surface area contributed by atoms with E-state index in [1.807, 2.05) is 0 Å². The lowest BCUT2D eigenvalue weighted by atomic mass is 10.2. The van der Waals surface area contributed by atoms with E-state index in [-0.39, 0.29) is 11.4 Å². The summed E-state index contributed by atoms with van der Waals surface area (Å²) in [6.07, 6.45) is 0. The molecule has 1 aromatic carbocycles. The molecule has 0 aliphatic carbocycles. The van der Waals surface area contributed by atoms with E-state index in [1.54, 1.807) is 39.3 Å². The molecule has 1 aromatic heterocycles. The molecular weight excluding hydrogens is 246 g/mol. The van der Waals surface area contributed by atoms with Crippen molar-refractivity contribution >= 4 is 5.82 Å². The highest BCUT2D eigenvalue weighted by Crippen LogP contribution is 2.30. The fourth-order valence-electron chi connectivity index (χ4n) is 1.67. The second kappa shape index (κ2) is 5.01. The second-order valence-electron chi connectivity index (χ2n) is 3.99. The quantitative estimate of drug-likeness (QED) is 0.870. The molecule has 0 aliphatic rings. The summed E-state index contributed by atoms with van der Waals surface area (Å²) >= 11 is 0. The van der Waals surface area contributed by atoms with E-state index in [9.17, 15) is 4.79 Å². The van der Waals surface area contributed by atoms with Gasteiger partial charge in [-0.05, 0) is 25.1 Å². The summed E-state index contributed by atoms with van der Waals surface area (Å²) in [5, 5.41) is 0. The lowest BCUT2D eigenvalue weighted by Gasteiger charge is -2.09. The fraction of sp³-hybridized carbons (Fsp3) is 0.231. The molecule has 3 N–H and O–H groups in total. The van der Waals surface area contributed by atoms with Gasteiger partial charge in [-0.1, -0.05) is 0 Å². The smallest absolute Gasteiger partial charge is 0.256 e. The van der Waals surface area contributed by atoms with E-state index in [0.29, 0.717) is 28.5 Å². The molecule has 0 amide bonds. The fourth-order valence-corrected chi connectivity index (χ4v) is 1.67. The number of nitrogen functional groups attached to an aromatic ring is 1. The molecule has 0 aliphatic heterocycles. The van der Waals surface area contributed by atoms with Gasteiger partial charge >= 0.3 is 0 Å². The standard InChI is InChI=1S/C13H15N3O3/c1-7-11(14)15-12(16-13(7)17)8-4-5-9(18-2)10(6-8)19-3/h4-6H,1-3H3,(H3,14,15,16,17). The number of methoxy groups -OCH3 is 2. The van der Waals surface area contributed by atoms with Crippen LogP contribution in [0, 0.1) is 6.92 Å². The third kappa shape index (κ3) is 2.37. The molecule has 19 heavy (non-hydrogen) atoms. The number of rotatable bonds is 3. The van der Waals surface area contributed by atoms with Gasteiger partial charge in [0.05, 0.1) is 19.8 Å². The number of nitrogens with zero attached hydrogens (tertiary/aromatic N) is 1. The molecule has 2 rings (SSSR count). The number of nitrogens with one attached hydrogen (secondary N) is 1. The third-order valence-electron chi connectivity index (χ3n) is 2.85. The number of ether oxygens (including phenoxy) is 2. The van der Waals surface area contributed by atoms with Crippen molar-refractivity contribution in [3.05, 3.63) is 34.1 Å². The van der Waals surface area contributed by atoms with Crippen LogP contribution in [0.3, 0.4) is 0 Å². The molecule has 0 spiro atoms. The van der Waals surface area contributed by atoms with E-state index < -0.39 is 0 Å². The Balaban J connectivity index is 2.56. The Morgan fingerprint density at radius 1 is 1.21 bits per heavy atom. The van der Waals surface area contributed by atoms with Crippen molar-refractivity contribution in [1.29, 1.82) is 0 Å². The average Bonchev–Trinajstić information content (AvgIpc) is 2.43. The maximum absolute atomic E-state index is 11.7. The van der Waals surface area contributed by atoms with Crippen LogP contribution in [0.15, 0.2) is 23.0 Å². The van der Waals surface area contributed by atoms with E-state index in [1.165, 1.54) is 0 Å². The van der Waals surface area contributed by atoms with Gasteiger partial charge in [0.2, 0.25) is 0 Å². The molecule has 100 valence electrons. The van der Waals surface area contributed by atoms with Crippen LogP contribution in [0.1, 0.15) is 5.56 Å². The molecule has 1 heterocycles. The van der Waals surface area contributed by atoms with Gasteiger partial charge < -0.3 is 20.2 Å². The van der Waals surface area contributed by atoms with Crippen LogP contribution in [-0.2, 0) is 0 Å².